The van der Waals surface area contributed by atoms with Crippen LogP contribution in [0.1, 0.15) is 27.4 Å². The van der Waals surface area contributed by atoms with Gasteiger partial charge in [-0.05, 0) is 29.8 Å². The molecule has 4 heteroatoms. The van der Waals surface area contributed by atoms with E-state index in [1.807, 2.05) is 18.2 Å². The summed E-state index contributed by atoms with van der Waals surface area (Å²) in [7, 11) is 0. The lowest BCUT2D eigenvalue weighted by Crippen LogP contribution is -2.32. The van der Waals surface area contributed by atoms with Gasteiger partial charge in [-0.25, -0.2) is 0 Å². The standard InChI is InChI=1S/C18H17N3O/c19-10-13-6-8-15(9-7-13)18(22)21-11-16(17(20)12-21)14-4-2-1-3-5-14/h1-9,16-17H,11-12,20H2/t16-,17+/m0/s1. The van der Waals surface area contributed by atoms with Crippen LogP contribution in [0.25, 0.3) is 0 Å². The number of likely N-dealkylation sites (tertiary alicyclic amines) is 1. The Kier molecular flexibility index (Phi) is 3.90. The lowest BCUT2D eigenvalue weighted by molar-refractivity contribution is 0.0789. The van der Waals surface area contributed by atoms with E-state index in [9.17, 15) is 4.79 Å². The van der Waals surface area contributed by atoms with E-state index in [0.29, 0.717) is 24.2 Å². The van der Waals surface area contributed by atoms with Gasteiger partial charge in [0.1, 0.15) is 0 Å². The molecule has 0 aliphatic carbocycles. The van der Waals surface area contributed by atoms with Crippen LogP contribution in [0.15, 0.2) is 54.6 Å². The summed E-state index contributed by atoms with van der Waals surface area (Å²) in [6, 6.07) is 18.8. The van der Waals surface area contributed by atoms with Crippen molar-refractivity contribution in [1.82, 2.24) is 4.90 Å². The molecule has 1 aliphatic heterocycles. The number of nitrogens with two attached hydrogens (primary N) is 1. The van der Waals surface area contributed by atoms with Gasteiger partial charge in [0.15, 0.2) is 0 Å². The molecule has 4 nitrogen and oxygen atoms in total. The number of nitriles is 1. The first-order valence-electron chi connectivity index (χ1n) is 7.29. The molecule has 0 bridgehead atoms. The Balaban J connectivity index is 1.76. The molecule has 0 radical (unpaired) electrons. The second kappa shape index (κ2) is 6.00. The van der Waals surface area contributed by atoms with E-state index in [-0.39, 0.29) is 17.9 Å². The summed E-state index contributed by atoms with van der Waals surface area (Å²) in [5.74, 6) is 0.141. The van der Waals surface area contributed by atoms with Gasteiger partial charge in [0.2, 0.25) is 0 Å². The number of benzene rings is 2. The summed E-state index contributed by atoms with van der Waals surface area (Å²) in [5, 5.41) is 8.81. The van der Waals surface area contributed by atoms with Gasteiger partial charge in [-0.1, -0.05) is 30.3 Å². The molecule has 1 aliphatic rings. The Morgan fingerprint density at radius 3 is 2.41 bits per heavy atom. The Labute approximate surface area is 129 Å². The predicted octanol–water partition coefficient (Wildman–Crippen LogP) is 2.13. The molecule has 1 saturated heterocycles. The highest BCUT2D eigenvalue weighted by atomic mass is 16.2. The Hall–Kier alpha value is -2.64. The van der Waals surface area contributed by atoms with Crippen LogP contribution in [0.3, 0.4) is 0 Å². The van der Waals surface area contributed by atoms with Crippen LogP contribution in [-0.4, -0.2) is 29.9 Å². The van der Waals surface area contributed by atoms with Crippen molar-refractivity contribution in [3.05, 3.63) is 71.3 Å². The molecule has 2 atom stereocenters. The summed E-state index contributed by atoms with van der Waals surface area (Å²) in [4.78, 5) is 14.4. The summed E-state index contributed by atoms with van der Waals surface area (Å²) in [6.07, 6.45) is 0. The highest BCUT2D eigenvalue weighted by Gasteiger charge is 2.34. The topological polar surface area (TPSA) is 70.1 Å². The molecule has 3 rings (SSSR count). The zero-order valence-electron chi connectivity index (χ0n) is 12.1. The summed E-state index contributed by atoms with van der Waals surface area (Å²) in [5.41, 5.74) is 8.55. The van der Waals surface area contributed by atoms with Gasteiger partial charge in [0, 0.05) is 30.6 Å². The first kappa shape index (κ1) is 14.3. The average Bonchev–Trinajstić information content (AvgIpc) is 2.97. The highest BCUT2D eigenvalue weighted by molar-refractivity contribution is 5.94. The molecule has 0 aromatic heterocycles. The minimum absolute atomic E-state index is 0.0293. The van der Waals surface area contributed by atoms with Crippen molar-refractivity contribution < 1.29 is 4.79 Å². The maximum Gasteiger partial charge on any atom is 0.253 e. The zero-order chi connectivity index (χ0) is 15.5. The molecule has 2 N–H and O–H groups in total. The molecule has 0 unspecified atom stereocenters. The molecule has 0 spiro atoms. The minimum Gasteiger partial charge on any atom is -0.336 e. The van der Waals surface area contributed by atoms with Gasteiger partial charge in [-0.2, -0.15) is 5.26 Å². The molecular weight excluding hydrogens is 274 g/mol. The van der Waals surface area contributed by atoms with Crippen LogP contribution < -0.4 is 5.73 Å². The van der Waals surface area contributed by atoms with Crippen molar-refractivity contribution in [3.63, 3.8) is 0 Å². The molecular formula is C18H17N3O. The molecule has 2 aromatic rings. The number of rotatable bonds is 2. The molecule has 2 aromatic carbocycles. The molecule has 1 fully saturated rings. The van der Waals surface area contributed by atoms with Crippen molar-refractivity contribution in [3.8, 4) is 6.07 Å². The number of hydrogen-bond acceptors (Lipinski definition) is 3. The van der Waals surface area contributed by atoms with Crippen molar-refractivity contribution in [1.29, 1.82) is 5.26 Å². The normalized spacial score (nSPS) is 20.6. The Morgan fingerprint density at radius 2 is 1.77 bits per heavy atom. The van der Waals surface area contributed by atoms with Crippen LogP contribution in [0, 0.1) is 11.3 Å². The number of carbonyl (C=O) groups excluding carboxylic acids is 1. The van der Waals surface area contributed by atoms with E-state index in [0.717, 1.165) is 0 Å². The van der Waals surface area contributed by atoms with Crippen LogP contribution in [0.2, 0.25) is 0 Å². The van der Waals surface area contributed by atoms with Crippen LogP contribution >= 0.6 is 0 Å². The third-order valence-corrected chi connectivity index (χ3v) is 4.14. The smallest absolute Gasteiger partial charge is 0.253 e. The number of nitrogens with zero attached hydrogens (tertiary/aromatic N) is 2. The zero-order valence-corrected chi connectivity index (χ0v) is 12.1. The van der Waals surface area contributed by atoms with E-state index in [2.05, 4.69) is 18.2 Å². The first-order valence-corrected chi connectivity index (χ1v) is 7.29. The maximum absolute atomic E-state index is 12.6. The molecule has 110 valence electrons. The van der Waals surface area contributed by atoms with Crippen LogP contribution in [0.5, 0.6) is 0 Å². The number of hydrogen-bond donors (Lipinski definition) is 1. The van der Waals surface area contributed by atoms with E-state index >= 15 is 0 Å². The van der Waals surface area contributed by atoms with Crippen molar-refractivity contribution in [2.45, 2.75) is 12.0 Å². The molecule has 22 heavy (non-hydrogen) atoms. The van der Waals surface area contributed by atoms with Crippen LogP contribution in [-0.2, 0) is 0 Å². The average molecular weight is 291 g/mol. The second-order valence-corrected chi connectivity index (χ2v) is 5.58. The summed E-state index contributed by atoms with van der Waals surface area (Å²) in [6.45, 7) is 1.18. The van der Waals surface area contributed by atoms with Gasteiger partial charge in [-0.3, -0.25) is 4.79 Å². The Bertz CT molecular complexity index is 703. The number of carbonyl (C=O) groups is 1. The van der Waals surface area contributed by atoms with E-state index in [1.165, 1.54) is 5.56 Å². The van der Waals surface area contributed by atoms with Gasteiger partial charge >= 0.3 is 0 Å². The Morgan fingerprint density at radius 1 is 1.09 bits per heavy atom. The van der Waals surface area contributed by atoms with Crippen LogP contribution in [0.4, 0.5) is 0 Å². The van der Waals surface area contributed by atoms with Gasteiger partial charge in [0.25, 0.3) is 5.91 Å². The van der Waals surface area contributed by atoms with Gasteiger partial charge in [-0.15, -0.1) is 0 Å². The van der Waals surface area contributed by atoms with Crippen molar-refractivity contribution in [2.24, 2.45) is 5.73 Å². The van der Waals surface area contributed by atoms with Crippen molar-refractivity contribution >= 4 is 5.91 Å². The monoisotopic (exact) mass is 291 g/mol. The van der Waals surface area contributed by atoms with Crippen molar-refractivity contribution in [2.75, 3.05) is 13.1 Å². The second-order valence-electron chi connectivity index (χ2n) is 5.58. The maximum atomic E-state index is 12.6. The fraction of sp³-hybridized carbons (Fsp3) is 0.222. The molecule has 1 amide bonds. The van der Waals surface area contributed by atoms with E-state index in [4.69, 9.17) is 11.0 Å². The van der Waals surface area contributed by atoms with E-state index < -0.39 is 0 Å². The third kappa shape index (κ3) is 2.72. The largest absolute Gasteiger partial charge is 0.336 e. The minimum atomic E-state index is -0.0512. The summed E-state index contributed by atoms with van der Waals surface area (Å²) >= 11 is 0. The SMILES string of the molecule is N#Cc1ccc(C(=O)N2C[C@@H](N)[C@H](c3ccccc3)C2)cc1. The fourth-order valence-corrected chi connectivity index (χ4v) is 2.92. The quantitative estimate of drug-likeness (QED) is 0.921. The molecule has 0 saturated carbocycles. The van der Waals surface area contributed by atoms with Gasteiger partial charge < -0.3 is 10.6 Å². The lowest BCUT2D eigenvalue weighted by Gasteiger charge is -2.16. The number of amides is 1. The van der Waals surface area contributed by atoms with Gasteiger partial charge in [0.05, 0.1) is 11.6 Å². The predicted molar refractivity (Wildman–Crippen MR) is 84.2 cm³/mol. The molecule has 1 heterocycles. The first-order chi connectivity index (χ1) is 10.7. The fourth-order valence-electron chi connectivity index (χ4n) is 2.92. The highest BCUT2D eigenvalue weighted by Crippen LogP contribution is 2.27. The lowest BCUT2D eigenvalue weighted by atomic mass is 9.95. The van der Waals surface area contributed by atoms with E-state index in [1.54, 1.807) is 29.2 Å². The summed E-state index contributed by atoms with van der Waals surface area (Å²) < 4.78 is 0. The third-order valence-electron chi connectivity index (χ3n) is 4.14.